The van der Waals surface area contributed by atoms with Crippen molar-refractivity contribution in [1.82, 2.24) is 4.98 Å². The minimum atomic E-state index is -0.533. The van der Waals surface area contributed by atoms with Crippen LogP contribution in [0.4, 0.5) is 5.69 Å². The van der Waals surface area contributed by atoms with Gasteiger partial charge in [0.1, 0.15) is 12.3 Å². The summed E-state index contributed by atoms with van der Waals surface area (Å²) in [5.74, 6) is -0.327. The van der Waals surface area contributed by atoms with E-state index in [1.54, 1.807) is 12.3 Å². The molecule has 5 heteroatoms. The molecule has 5 nitrogen and oxygen atoms in total. The van der Waals surface area contributed by atoms with Crippen molar-refractivity contribution in [3.8, 4) is 0 Å². The van der Waals surface area contributed by atoms with Gasteiger partial charge in [-0.3, -0.25) is 4.98 Å². The smallest absolute Gasteiger partial charge is 0.339 e. The van der Waals surface area contributed by atoms with E-state index in [1.165, 1.54) is 0 Å². The summed E-state index contributed by atoms with van der Waals surface area (Å²) in [5, 5.41) is 0.803. The highest BCUT2D eigenvalue weighted by atomic mass is 16.6. The average Bonchev–Trinajstić information content (AvgIpc) is 2.51. The Hall–Kier alpha value is -2.14. The second-order valence-electron chi connectivity index (χ2n) is 8.40. The third-order valence-corrected chi connectivity index (χ3v) is 4.07. The topological polar surface area (TPSA) is 51.7 Å². The number of esters is 1. The number of fused-ring (bicyclic) bond motifs is 1. The van der Waals surface area contributed by atoms with E-state index in [0.717, 1.165) is 29.7 Å². The second kappa shape index (κ2) is 6.30. The predicted molar refractivity (Wildman–Crippen MR) is 98.9 cm³/mol. The number of anilines is 1. The Morgan fingerprint density at radius 2 is 2.04 bits per heavy atom. The van der Waals surface area contributed by atoms with Gasteiger partial charge in [-0.2, -0.15) is 0 Å². The normalized spacial score (nSPS) is 17.6. The van der Waals surface area contributed by atoms with Crippen molar-refractivity contribution < 1.29 is 14.3 Å². The summed E-state index contributed by atoms with van der Waals surface area (Å²) in [7, 11) is 0. The van der Waals surface area contributed by atoms with E-state index >= 15 is 0 Å². The Balaban J connectivity index is 1.99. The largest absolute Gasteiger partial charge is 0.456 e. The molecule has 2 aromatic rings. The molecule has 0 unspecified atom stereocenters. The zero-order valence-electron chi connectivity index (χ0n) is 15.6. The molecule has 0 bridgehead atoms. The number of carbonyl (C=O) groups is 1. The Morgan fingerprint density at radius 1 is 1.28 bits per heavy atom. The van der Waals surface area contributed by atoms with E-state index in [0.29, 0.717) is 12.3 Å². The molecule has 1 saturated heterocycles. The number of pyridine rings is 1. The third kappa shape index (κ3) is 4.10. The van der Waals surface area contributed by atoms with Crippen molar-refractivity contribution in [2.45, 2.75) is 40.2 Å². The van der Waals surface area contributed by atoms with Crippen LogP contribution in [0, 0.1) is 5.41 Å². The SMILES string of the molecule is CC1(C)COCN(c2ccc3nccc(C(=O)OC(C)(C)C)c3c2)C1. The van der Waals surface area contributed by atoms with Crippen molar-refractivity contribution in [3.63, 3.8) is 0 Å². The number of hydrogen-bond acceptors (Lipinski definition) is 5. The first kappa shape index (κ1) is 17.7. The van der Waals surface area contributed by atoms with Crippen LogP contribution in [0.1, 0.15) is 45.0 Å². The Labute approximate surface area is 148 Å². The maximum absolute atomic E-state index is 12.6. The zero-order chi connectivity index (χ0) is 18.2. The molecule has 1 aromatic carbocycles. The molecular weight excluding hydrogens is 316 g/mol. The van der Waals surface area contributed by atoms with Crippen molar-refractivity contribution in [3.05, 3.63) is 36.0 Å². The lowest BCUT2D eigenvalue weighted by Gasteiger charge is -2.39. The van der Waals surface area contributed by atoms with Gasteiger partial charge in [0.2, 0.25) is 0 Å². The third-order valence-electron chi connectivity index (χ3n) is 4.07. The predicted octanol–water partition coefficient (Wildman–Crippen LogP) is 4.01. The van der Waals surface area contributed by atoms with E-state index in [1.807, 2.05) is 39.0 Å². The molecule has 2 heterocycles. The number of ether oxygens (including phenoxy) is 2. The van der Waals surface area contributed by atoms with E-state index in [2.05, 4.69) is 23.7 Å². The highest BCUT2D eigenvalue weighted by molar-refractivity contribution is 6.04. The van der Waals surface area contributed by atoms with E-state index in [4.69, 9.17) is 9.47 Å². The van der Waals surface area contributed by atoms with Gasteiger partial charge in [-0.1, -0.05) is 13.8 Å². The van der Waals surface area contributed by atoms with Gasteiger partial charge >= 0.3 is 5.97 Å². The molecular formula is C20H26N2O3. The molecule has 0 radical (unpaired) electrons. The van der Waals surface area contributed by atoms with Crippen LogP contribution in [0.3, 0.4) is 0 Å². The Kier molecular flexibility index (Phi) is 4.45. The van der Waals surface area contributed by atoms with Crippen molar-refractivity contribution in [1.29, 1.82) is 0 Å². The zero-order valence-corrected chi connectivity index (χ0v) is 15.6. The first-order valence-electron chi connectivity index (χ1n) is 8.59. The molecule has 0 spiro atoms. The van der Waals surface area contributed by atoms with Gasteiger partial charge in [0, 0.05) is 29.2 Å². The summed E-state index contributed by atoms with van der Waals surface area (Å²) in [6, 6.07) is 7.70. The standard InChI is InChI=1S/C20H26N2O3/c1-19(2,3)25-18(23)15-8-9-21-17-7-6-14(10-16(15)17)22-11-20(4,5)12-24-13-22/h6-10H,11-13H2,1-5H3. The lowest BCUT2D eigenvalue weighted by atomic mass is 9.93. The van der Waals surface area contributed by atoms with E-state index < -0.39 is 5.60 Å². The average molecular weight is 342 g/mol. The van der Waals surface area contributed by atoms with Gasteiger partial charge in [0.25, 0.3) is 0 Å². The summed E-state index contributed by atoms with van der Waals surface area (Å²) < 4.78 is 11.3. The molecule has 1 fully saturated rings. The molecule has 1 aliphatic rings. The molecule has 134 valence electrons. The van der Waals surface area contributed by atoms with Gasteiger partial charge in [-0.05, 0) is 45.0 Å². The summed E-state index contributed by atoms with van der Waals surface area (Å²) in [5.41, 5.74) is 1.91. The van der Waals surface area contributed by atoms with Crippen LogP contribution in [0.15, 0.2) is 30.5 Å². The number of rotatable bonds is 2. The van der Waals surface area contributed by atoms with Crippen LogP contribution in [0.2, 0.25) is 0 Å². The number of benzene rings is 1. The molecule has 0 atom stereocenters. The fourth-order valence-corrected chi connectivity index (χ4v) is 3.05. The molecule has 0 aliphatic carbocycles. The number of carbonyl (C=O) groups excluding carboxylic acids is 1. The molecule has 0 saturated carbocycles. The van der Waals surface area contributed by atoms with Crippen molar-refractivity contribution >= 4 is 22.6 Å². The van der Waals surface area contributed by atoms with Crippen LogP contribution in [-0.4, -0.2) is 36.4 Å². The number of nitrogens with zero attached hydrogens (tertiary/aromatic N) is 2. The monoisotopic (exact) mass is 342 g/mol. The van der Waals surface area contributed by atoms with Crippen molar-refractivity contribution in [2.24, 2.45) is 5.41 Å². The maximum Gasteiger partial charge on any atom is 0.339 e. The quantitative estimate of drug-likeness (QED) is 0.772. The van der Waals surface area contributed by atoms with Gasteiger partial charge in [-0.25, -0.2) is 4.79 Å². The number of hydrogen-bond donors (Lipinski definition) is 0. The highest BCUT2D eigenvalue weighted by Crippen LogP contribution is 2.30. The first-order valence-corrected chi connectivity index (χ1v) is 8.59. The summed E-state index contributed by atoms with van der Waals surface area (Å²) in [4.78, 5) is 19.1. The van der Waals surface area contributed by atoms with Crippen LogP contribution >= 0.6 is 0 Å². The Morgan fingerprint density at radius 3 is 2.72 bits per heavy atom. The minimum absolute atomic E-state index is 0.0934. The van der Waals surface area contributed by atoms with Gasteiger partial charge in [0.05, 0.1) is 17.7 Å². The summed E-state index contributed by atoms with van der Waals surface area (Å²) in [6.07, 6.45) is 1.65. The fourth-order valence-electron chi connectivity index (χ4n) is 3.05. The molecule has 1 aliphatic heterocycles. The molecule has 1 aromatic heterocycles. The molecule has 3 rings (SSSR count). The van der Waals surface area contributed by atoms with Crippen LogP contribution in [0.25, 0.3) is 10.9 Å². The summed E-state index contributed by atoms with van der Waals surface area (Å²) >= 11 is 0. The lowest BCUT2D eigenvalue weighted by Crippen LogP contribution is -2.44. The minimum Gasteiger partial charge on any atom is -0.456 e. The molecule has 25 heavy (non-hydrogen) atoms. The first-order chi connectivity index (χ1) is 11.6. The van der Waals surface area contributed by atoms with Crippen LogP contribution in [-0.2, 0) is 9.47 Å². The molecule has 0 amide bonds. The number of aromatic nitrogens is 1. The van der Waals surface area contributed by atoms with E-state index in [-0.39, 0.29) is 11.4 Å². The Bertz CT molecular complexity index is 793. The summed E-state index contributed by atoms with van der Waals surface area (Å²) in [6.45, 7) is 12.2. The fraction of sp³-hybridized carbons (Fsp3) is 0.500. The van der Waals surface area contributed by atoms with Gasteiger partial charge in [-0.15, -0.1) is 0 Å². The van der Waals surface area contributed by atoms with Gasteiger partial charge < -0.3 is 14.4 Å². The van der Waals surface area contributed by atoms with Crippen LogP contribution < -0.4 is 4.90 Å². The maximum atomic E-state index is 12.6. The second-order valence-corrected chi connectivity index (χ2v) is 8.40. The van der Waals surface area contributed by atoms with E-state index in [9.17, 15) is 4.79 Å². The van der Waals surface area contributed by atoms with Crippen LogP contribution in [0.5, 0.6) is 0 Å². The van der Waals surface area contributed by atoms with Crippen molar-refractivity contribution in [2.75, 3.05) is 24.8 Å². The lowest BCUT2D eigenvalue weighted by molar-refractivity contribution is 0.00717. The highest BCUT2D eigenvalue weighted by Gasteiger charge is 2.28. The van der Waals surface area contributed by atoms with Gasteiger partial charge in [0.15, 0.2) is 0 Å². The molecule has 0 N–H and O–H groups in total.